The number of thioether (sulfide) groups is 1. The summed E-state index contributed by atoms with van der Waals surface area (Å²) in [5, 5.41) is 11.1. The quantitative estimate of drug-likeness (QED) is 0.0821. The summed E-state index contributed by atoms with van der Waals surface area (Å²) < 4.78 is 37.3. The number of halogens is 1. The first-order chi connectivity index (χ1) is 16.7. The third-order valence-corrected chi connectivity index (χ3v) is 8.71. The summed E-state index contributed by atoms with van der Waals surface area (Å²) in [4.78, 5) is 25.3. The van der Waals surface area contributed by atoms with Gasteiger partial charge in [0, 0.05) is 35.8 Å². The Morgan fingerprint density at radius 1 is 1.29 bits per heavy atom. The van der Waals surface area contributed by atoms with Crippen LogP contribution in [0.3, 0.4) is 0 Å². The highest BCUT2D eigenvalue weighted by molar-refractivity contribution is 7.98. The molecule has 0 spiro atoms. The molecule has 0 N–H and O–H groups in total. The first-order valence-corrected chi connectivity index (χ1v) is 13.5. The highest BCUT2D eigenvalue weighted by Crippen LogP contribution is 2.46. The van der Waals surface area contributed by atoms with E-state index in [0.29, 0.717) is 34.0 Å². The van der Waals surface area contributed by atoms with E-state index in [1.54, 1.807) is 18.2 Å². The van der Waals surface area contributed by atoms with Crippen LogP contribution < -0.4 is 9.64 Å². The van der Waals surface area contributed by atoms with Gasteiger partial charge in [0.25, 0.3) is 5.69 Å². The highest BCUT2D eigenvalue weighted by atomic mass is 32.2. The summed E-state index contributed by atoms with van der Waals surface area (Å²) in [6.07, 6.45) is 4.07. The summed E-state index contributed by atoms with van der Waals surface area (Å²) in [5.74, 6) is -1.68. The number of nitro groups is 1. The molecule has 1 aliphatic heterocycles. The number of carbonyl (C=O) groups excluding carboxylic acids is 1. The maximum atomic E-state index is 13.9. The number of hydrogen-bond donors (Lipinski definition) is 0. The zero-order valence-corrected chi connectivity index (χ0v) is 21.5. The first-order valence-electron chi connectivity index (χ1n) is 10.9. The number of ether oxygens (including phenoxy) is 2. The molecule has 0 bridgehead atoms. The number of fused-ring (bicyclic) bond motifs is 1. The average molecular weight is 523 g/mol. The van der Waals surface area contributed by atoms with E-state index in [4.69, 9.17) is 4.74 Å². The van der Waals surface area contributed by atoms with Crippen molar-refractivity contribution in [2.24, 2.45) is 5.41 Å². The maximum absolute atomic E-state index is 13.9. The maximum Gasteiger partial charge on any atom is 0.370 e. The Hall–Kier alpha value is -2.76. The molecule has 0 aromatic heterocycles. The van der Waals surface area contributed by atoms with Crippen molar-refractivity contribution in [2.45, 2.75) is 36.5 Å². The van der Waals surface area contributed by atoms with Gasteiger partial charge in [0.05, 0.1) is 22.6 Å². The van der Waals surface area contributed by atoms with Crippen molar-refractivity contribution in [1.29, 1.82) is 0 Å². The van der Waals surface area contributed by atoms with Crippen LogP contribution in [0.5, 0.6) is 5.75 Å². The lowest BCUT2D eigenvalue weighted by Crippen LogP contribution is -2.37. The van der Waals surface area contributed by atoms with Crippen LogP contribution in [0.1, 0.15) is 26.7 Å². The molecule has 1 unspecified atom stereocenters. The van der Waals surface area contributed by atoms with Crippen LogP contribution in [-0.4, -0.2) is 41.1 Å². The molecule has 0 aliphatic carbocycles. The standard InChI is InChI=1S/C24H27FN2O6S2/c1-5-24(6-2)14-26(16-7-9-17(10-8-16)27(29)30)19-11-21(34-4)20(12-22(19)35(31)15-24)33-13-18(25)23(28)32-3/h7-13H,5-6,14-15H2,1-4H3/b18-13-. The summed E-state index contributed by atoms with van der Waals surface area (Å²) in [6.45, 7) is 4.70. The molecule has 0 amide bonds. The van der Waals surface area contributed by atoms with Crippen molar-refractivity contribution in [2.75, 3.05) is 30.6 Å². The molecule has 1 atom stereocenters. The van der Waals surface area contributed by atoms with Crippen LogP contribution in [0.4, 0.5) is 21.5 Å². The third-order valence-electron chi connectivity index (χ3n) is 6.25. The number of esters is 1. The molecule has 1 aliphatic rings. The van der Waals surface area contributed by atoms with E-state index in [2.05, 4.69) is 18.6 Å². The van der Waals surface area contributed by atoms with Gasteiger partial charge < -0.3 is 18.9 Å². The van der Waals surface area contributed by atoms with Gasteiger partial charge in [-0.3, -0.25) is 10.1 Å². The van der Waals surface area contributed by atoms with Crippen molar-refractivity contribution in [3.63, 3.8) is 0 Å². The SMILES string of the molecule is CCC1(CC)CN(c2ccc([N+](=O)[O-])cc2)c2cc(SC)c(O/C=C(\F)C(=O)OC)cc2[S+]([O-])C1. The zero-order valence-electron chi connectivity index (χ0n) is 19.9. The molecule has 35 heavy (non-hydrogen) atoms. The van der Waals surface area contributed by atoms with Crippen molar-refractivity contribution in [3.05, 3.63) is 58.6 Å². The van der Waals surface area contributed by atoms with Gasteiger partial charge in [-0.05, 0) is 48.5 Å². The molecule has 0 fully saturated rings. The molecule has 2 aromatic rings. The zero-order chi connectivity index (χ0) is 25.8. The summed E-state index contributed by atoms with van der Waals surface area (Å²) in [7, 11) is 1.06. The number of nitro benzene ring substituents is 1. The topological polar surface area (TPSA) is 105 Å². The largest absolute Gasteiger partial charge is 0.611 e. The lowest BCUT2D eigenvalue weighted by Gasteiger charge is -2.34. The second-order valence-electron chi connectivity index (χ2n) is 8.10. The predicted molar refractivity (Wildman–Crippen MR) is 134 cm³/mol. The molecule has 3 rings (SSSR count). The number of carbonyl (C=O) groups is 1. The van der Waals surface area contributed by atoms with Crippen LogP contribution in [0.25, 0.3) is 0 Å². The van der Waals surface area contributed by atoms with Crippen LogP contribution in [0, 0.1) is 15.5 Å². The number of nitrogens with zero attached hydrogens (tertiary/aromatic N) is 2. The van der Waals surface area contributed by atoms with E-state index >= 15 is 0 Å². The van der Waals surface area contributed by atoms with Gasteiger partial charge in [-0.1, -0.05) is 13.8 Å². The fraction of sp³-hybridized carbons (Fsp3) is 0.375. The van der Waals surface area contributed by atoms with E-state index in [9.17, 15) is 23.9 Å². The van der Waals surface area contributed by atoms with E-state index in [1.807, 2.05) is 17.2 Å². The predicted octanol–water partition coefficient (Wildman–Crippen LogP) is 5.75. The number of hydrogen-bond acceptors (Lipinski definition) is 8. The second kappa shape index (κ2) is 11.3. The van der Waals surface area contributed by atoms with Gasteiger partial charge in [0.1, 0.15) is 17.8 Å². The van der Waals surface area contributed by atoms with Gasteiger partial charge in [-0.15, -0.1) is 11.8 Å². The van der Waals surface area contributed by atoms with Gasteiger partial charge in [0.2, 0.25) is 5.83 Å². The molecular formula is C24H27FN2O6S2. The minimum Gasteiger partial charge on any atom is -0.611 e. The molecule has 0 saturated heterocycles. The lowest BCUT2D eigenvalue weighted by atomic mass is 9.83. The Morgan fingerprint density at radius 3 is 2.49 bits per heavy atom. The molecule has 0 saturated carbocycles. The van der Waals surface area contributed by atoms with Crippen molar-refractivity contribution in [1.82, 2.24) is 0 Å². The van der Waals surface area contributed by atoms with Crippen LogP contribution in [-0.2, 0) is 20.7 Å². The Labute approximate surface area is 210 Å². The van der Waals surface area contributed by atoms with Gasteiger partial charge in [-0.25, -0.2) is 4.79 Å². The number of benzene rings is 2. The summed E-state index contributed by atoms with van der Waals surface area (Å²) in [5.41, 5.74) is 1.15. The molecule has 8 nitrogen and oxygen atoms in total. The normalized spacial score (nSPS) is 17.4. The van der Waals surface area contributed by atoms with E-state index in [1.165, 1.54) is 23.9 Å². The Bertz CT molecular complexity index is 1120. The molecule has 188 valence electrons. The summed E-state index contributed by atoms with van der Waals surface area (Å²) in [6, 6.07) is 9.69. The fourth-order valence-electron chi connectivity index (χ4n) is 3.92. The summed E-state index contributed by atoms with van der Waals surface area (Å²) >= 11 is -0.0490. The van der Waals surface area contributed by atoms with E-state index in [-0.39, 0.29) is 16.9 Å². The minimum absolute atomic E-state index is 0.0161. The van der Waals surface area contributed by atoms with Gasteiger partial charge in [-0.2, -0.15) is 4.39 Å². The molecule has 11 heteroatoms. The highest BCUT2D eigenvalue weighted by Gasteiger charge is 2.41. The fourth-order valence-corrected chi connectivity index (χ4v) is 6.31. The van der Waals surface area contributed by atoms with Crippen molar-refractivity contribution in [3.8, 4) is 5.75 Å². The van der Waals surface area contributed by atoms with E-state index in [0.717, 1.165) is 25.6 Å². The number of rotatable bonds is 8. The van der Waals surface area contributed by atoms with Crippen molar-refractivity contribution < 1.29 is 28.1 Å². The van der Waals surface area contributed by atoms with Crippen LogP contribution in [0.2, 0.25) is 0 Å². The Balaban J connectivity index is 2.15. The Morgan fingerprint density at radius 2 is 1.94 bits per heavy atom. The Kier molecular flexibility index (Phi) is 8.68. The van der Waals surface area contributed by atoms with Gasteiger partial charge in [0.15, 0.2) is 4.90 Å². The van der Waals surface area contributed by atoms with Crippen molar-refractivity contribution >= 4 is 46.0 Å². The lowest BCUT2D eigenvalue weighted by molar-refractivity contribution is -0.384. The molecular weight excluding hydrogens is 495 g/mol. The number of anilines is 2. The molecule has 0 radical (unpaired) electrons. The minimum atomic E-state index is -1.40. The smallest absolute Gasteiger partial charge is 0.370 e. The second-order valence-corrected chi connectivity index (χ2v) is 10.4. The van der Waals surface area contributed by atoms with Crippen LogP contribution in [0.15, 0.2) is 58.3 Å². The number of non-ortho nitro benzene ring substituents is 1. The average Bonchev–Trinajstić information content (AvgIpc) is 3.00. The first kappa shape index (κ1) is 26.8. The molecule has 1 heterocycles. The van der Waals surface area contributed by atoms with Crippen LogP contribution >= 0.6 is 11.8 Å². The van der Waals surface area contributed by atoms with Gasteiger partial charge >= 0.3 is 5.97 Å². The monoisotopic (exact) mass is 522 g/mol. The van der Waals surface area contributed by atoms with E-state index < -0.39 is 27.9 Å². The molecule has 2 aromatic carbocycles. The third kappa shape index (κ3) is 5.74. The number of methoxy groups -OCH3 is 1.